The summed E-state index contributed by atoms with van der Waals surface area (Å²) in [5, 5.41) is 9.81. The highest BCUT2D eigenvalue weighted by molar-refractivity contribution is 9.10. The Kier molecular flexibility index (Phi) is 2.64. The number of aliphatic hydroxyl groups is 1. The molecule has 2 rings (SSSR count). The van der Waals surface area contributed by atoms with Crippen molar-refractivity contribution >= 4 is 25.8 Å². The maximum atomic E-state index is 13.6. The van der Waals surface area contributed by atoms with Crippen molar-refractivity contribution in [1.29, 1.82) is 0 Å². The third-order valence-electron chi connectivity index (χ3n) is 2.63. The molecule has 1 aromatic rings. The Bertz CT molecular complexity index is 526. The van der Waals surface area contributed by atoms with E-state index in [0.29, 0.717) is 18.4 Å². The normalized spacial score (nSPS) is 18.5. The fourth-order valence-corrected chi connectivity index (χ4v) is 3.73. The molecule has 0 unspecified atom stereocenters. The van der Waals surface area contributed by atoms with Gasteiger partial charge in [-0.05, 0) is 46.5 Å². The van der Waals surface area contributed by atoms with E-state index in [0.717, 1.165) is 12.3 Å². The van der Waals surface area contributed by atoms with Gasteiger partial charge in [0.25, 0.3) is 0 Å². The van der Waals surface area contributed by atoms with Crippen LogP contribution < -0.4 is 0 Å². The van der Waals surface area contributed by atoms with E-state index < -0.39 is 21.3 Å². The predicted molar refractivity (Wildman–Crippen MR) is 60.3 cm³/mol. The maximum Gasteiger partial charge on any atom is 0.179 e. The van der Waals surface area contributed by atoms with E-state index >= 15 is 0 Å². The Labute approximate surface area is 101 Å². The first-order chi connectivity index (χ1) is 7.24. The largest absolute Gasteiger partial charge is 0.385 e. The van der Waals surface area contributed by atoms with E-state index in [-0.39, 0.29) is 9.37 Å². The summed E-state index contributed by atoms with van der Waals surface area (Å²) in [4.78, 5) is -0.361. The van der Waals surface area contributed by atoms with Gasteiger partial charge in [0.15, 0.2) is 9.84 Å². The first kappa shape index (κ1) is 12.0. The highest BCUT2D eigenvalue weighted by atomic mass is 79.9. The summed E-state index contributed by atoms with van der Waals surface area (Å²) < 4.78 is 36.4. The van der Waals surface area contributed by atoms with Gasteiger partial charge in [-0.2, -0.15) is 0 Å². The molecule has 0 aliphatic heterocycles. The zero-order valence-electron chi connectivity index (χ0n) is 8.50. The highest BCUT2D eigenvalue weighted by Crippen LogP contribution is 2.46. The summed E-state index contributed by atoms with van der Waals surface area (Å²) in [7, 11) is -3.61. The van der Waals surface area contributed by atoms with Crippen molar-refractivity contribution in [2.24, 2.45) is 0 Å². The fourth-order valence-electron chi connectivity index (χ4n) is 1.59. The molecule has 0 spiro atoms. The lowest BCUT2D eigenvalue weighted by Crippen LogP contribution is -2.08. The molecule has 1 aliphatic rings. The van der Waals surface area contributed by atoms with E-state index in [4.69, 9.17) is 0 Å². The molecule has 16 heavy (non-hydrogen) atoms. The summed E-state index contributed by atoms with van der Waals surface area (Å²) in [6.45, 7) is 0. The number of sulfone groups is 1. The average Bonchev–Trinajstić information content (AvgIpc) is 2.80. The number of hydrogen-bond acceptors (Lipinski definition) is 3. The first-order valence-corrected chi connectivity index (χ1v) is 7.34. The lowest BCUT2D eigenvalue weighted by Gasteiger charge is -2.11. The molecule has 0 bridgehead atoms. The molecule has 0 amide bonds. The second kappa shape index (κ2) is 3.51. The second-order valence-corrected chi connectivity index (χ2v) is 6.88. The second-order valence-electron chi connectivity index (χ2n) is 4.07. The van der Waals surface area contributed by atoms with Crippen molar-refractivity contribution in [3.63, 3.8) is 0 Å². The summed E-state index contributed by atoms with van der Waals surface area (Å²) in [5.41, 5.74) is -0.552. The van der Waals surface area contributed by atoms with E-state index in [1.807, 2.05) is 0 Å². The van der Waals surface area contributed by atoms with Crippen molar-refractivity contribution in [3.05, 3.63) is 28.0 Å². The Morgan fingerprint density at radius 3 is 2.38 bits per heavy atom. The van der Waals surface area contributed by atoms with E-state index in [9.17, 15) is 17.9 Å². The van der Waals surface area contributed by atoms with Crippen LogP contribution in [0.3, 0.4) is 0 Å². The van der Waals surface area contributed by atoms with Crippen molar-refractivity contribution in [1.82, 2.24) is 0 Å². The number of rotatable bonds is 2. The van der Waals surface area contributed by atoms with Crippen LogP contribution in [0, 0.1) is 5.82 Å². The third kappa shape index (κ3) is 2.01. The number of halogens is 2. The maximum absolute atomic E-state index is 13.6. The van der Waals surface area contributed by atoms with Gasteiger partial charge < -0.3 is 5.11 Å². The van der Waals surface area contributed by atoms with Crippen LogP contribution in [-0.2, 0) is 15.4 Å². The van der Waals surface area contributed by atoms with Gasteiger partial charge in [-0.15, -0.1) is 0 Å². The van der Waals surface area contributed by atoms with Crippen LogP contribution in [0.5, 0.6) is 0 Å². The fraction of sp³-hybridized carbons (Fsp3) is 0.400. The van der Waals surface area contributed by atoms with Crippen LogP contribution in [0.4, 0.5) is 4.39 Å². The topological polar surface area (TPSA) is 54.4 Å². The minimum atomic E-state index is -3.61. The summed E-state index contributed by atoms with van der Waals surface area (Å²) >= 11 is 3.02. The standard InChI is InChI=1S/C10H10BrFO3S/c1-16(14,15)9-7(11)4-6(5-8(9)12)10(13)2-3-10/h4-5,13H,2-3H2,1H3. The Balaban J connectivity index is 2.61. The predicted octanol–water partition coefficient (Wildman–Crippen LogP) is 1.97. The molecule has 1 saturated carbocycles. The van der Waals surface area contributed by atoms with Crippen LogP contribution in [0.1, 0.15) is 18.4 Å². The van der Waals surface area contributed by atoms with E-state index in [1.165, 1.54) is 6.07 Å². The van der Waals surface area contributed by atoms with Crippen molar-refractivity contribution in [2.45, 2.75) is 23.3 Å². The van der Waals surface area contributed by atoms with Gasteiger partial charge in [-0.1, -0.05) is 0 Å². The number of benzene rings is 1. The van der Waals surface area contributed by atoms with Gasteiger partial charge in [-0.3, -0.25) is 0 Å². The van der Waals surface area contributed by atoms with Crippen LogP contribution in [-0.4, -0.2) is 19.8 Å². The number of hydrogen-bond donors (Lipinski definition) is 1. The minimum absolute atomic E-state index is 0.158. The molecule has 88 valence electrons. The Morgan fingerprint density at radius 1 is 1.44 bits per heavy atom. The molecule has 0 heterocycles. The van der Waals surface area contributed by atoms with Gasteiger partial charge >= 0.3 is 0 Å². The molecule has 0 saturated heterocycles. The Morgan fingerprint density at radius 2 is 2.00 bits per heavy atom. The summed E-state index contributed by atoms with van der Waals surface area (Å²) in [6, 6.07) is 2.56. The molecule has 0 radical (unpaired) electrons. The van der Waals surface area contributed by atoms with Crippen LogP contribution in [0.15, 0.2) is 21.5 Å². The zero-order valence-corrected chi connectivity index (χ0v) is 10.9. The van der Waals surface area contributed by atoms with Crippen molar-refractivity contribution in [3.8, 4) is 0 Å². The van der Waals surface area contributed by atoms with Crippen molar-refractivity contribution < 1.29 is 17.9 Å². The molecule has 1 fully saturated rings. The van der Waals surface area contributed by atoms with Gasteiger partial charge in [-0.25, -0.2) is 12.8 Å². The van der Waals surface area contributed by atoms with Crippen LogP contribution >= 0.6 is 15.9 Å². The molecule has 1 N–H and O–H groups in total. The molecule has 1 aliphatic carbocycles. The smallest absolute Gasteiger partial charge is 0.179 e. The van der Waals surface area contributed by atoms with Gasteiger partial charge in [0.1, 0.15) is 10.7 Å². The lowest BCUT2D eigenvalue weighted by atomic mass is 10.1. The molecule has 0 aromatic heterocycles. The lowest BCUT2D eigenvalue weighted by molar-refractivity contribution is 0.151. The Hall–Kier alpha value is -0.460. The quantitative estimate of drug-likeness (QED) is 0.909. The van der Waals surface area contributed by atoms with Crippen molar-refractivity contribution in [2.75, 3.05) is 6.26 Å². The molecular weight excluding hydrogens is 299 g/mol. The summed E-state index contributed by atoms with van der Waals surface area (Å²) in [6.07, 6.45) is 2.11. The molecule has 1 aromatic carbocycles. The molecule has 0 atom stereocenters. The molecular formula is C10H10BrFO3S. The minimum Gasteiger partial charge on any atom is -0.385 e. The molecule has 3 nitrogen and oxygen atoms in total. The van der Waals surface area contributed by atoms with Crippen LogP contribution in [0.25, 0.3) is 0 Å². The van der Waals surface area contributed by atoms with Crippen LogP contribution in [0.2, 0.25) is 0 Å². The monoisotopic (exact) mass is 308 g/mol. The zero-order chi connectivity index (χ0) is 12.1. The van der Waals surface area contributed by atoms with Gasteiger partial charge in [0, 0.05) is 10.7 Å². The third-order valence-corrected chi connectivity index (χ3v) is 4.67. The van der Waals surface area contributed by atoms with Gasteiger partial charge in [0.05, 0.1) is 5.60 Å². The van der Waals surface area contributed by atoms with E-state index in [1.54, 1.807) is 0 Å². The first-order valence-electron chi connectivity index (χ1n) is 4.66. The SMILES string of the molecule is CS(=O)(=O)c1c(F)cc(C2(O)CC2)cc1Br. The average molecular weight is 309 g/mol. The highest BCUT2D eigenvalue weighted by Gasteiger charge is 2.43. The van der Waals surface area contributed by atoms with E-state index in [2.05, 4.69) is 15.9 Å². The summed E-state index contributed by atoms with van der Waals surface area (Å²) in [5.74, 6) is -0.827. The molecule has 6 heteroatoms. The van der Waals surface area contributed by atoms with Gasteiger partial charge in [0.2, 0.25) is 0 Å².